The molecule has 2 aromatic rings. The molecule has 0 spiro atoms. The number of carbonyl (C=O) groups is 2. The normalized spacial score (nSPS) is 15.4. The lowest BCUT2D eigenvalue weighted by atomic mass is 10.2. The van der Waals surface area contributed by atoms with Gasteiger partial charge in [-0.05, 0) is 58.2 Å². The molecule has 0 aliphatic carbocycles. The first-order valence-electron chi connectivity index (χ1n) is 12.1. The van der Waals surface area contributed by atoms with Gasteiger partial charge in [0.15, 0.2) is 0 Å². The van der Waals surface area contributed by atoms with E-state index in [0.717, 1.165) is 18.4 Å². The van der Waals surface area contributed by atoms with Gasteiger partial charge >= 0.3 is 6.03 Å². The molecular weight excluding hydrogens is 484 g/mol. The third kappa shape index (κ3) is 6.36. The molecule has 1 aromatic carbocycles. The molecule has 2 heterocycles. The quantitative estimate of drug-likeness (QED) is 0.460. The number of hydrogen-bond acceptors (Lipinski definition) is 8. The van der Waals surface area contributed by atoms with Crippen LogP contribution in [0.2, 0.25) is 5.02 Å². The van der Waals surface area contributed by atoms with Crippen LogP contribution in [0.15, 0.2) is 24.4 Å². The number of methoxy groups -OCH3 is 1. The summed E-state index contributed by atoms with van der Waals surface area (Å²) in [5.41, 5.74) is 1.03. The Labute approximate surface area is 217 Å². The third-order valence-corrected chi connectivity index (χ3v) is 6.19. The highest BCUT2D eigenvalue weighted by molar-refractivity contribution is 6.32. The zero-order chi connectivity index (χ0) is 26.4. The summed E-state index contributed by atoms with van der Waals surface area (Å²) in [5, 5.41) is 16.2. The summed E-state index contributed by atoms with van der Waals surface area (Å²) in [5.74, 6) is 0.767. The number of aliphatic hydroxyl groups is 1. The highest BCUT2D eigenvalue weighted by Gasteiger charge is 2.31. The standard InChI is InChI=1S/C25H35ClN6O4/c1-15(2)29-25(35)32(16(3)4)23(34)19-13-28-24(31-10-6-7-18(31)14-33)30-22(19)27-12-17-8-9-21(36-5)20(26)11-17/h8-9,11,13,15-16,18,33H,6-7,10,12,14H2,1-5H3,(H,29,35)(H,27,28,30). The molecule has 1 saturated heterocycles. The first-order valence-corrected chi connectivity index (χ1v) is 12.5. The van der Waals surface area contributed by atoms with E-state index >= 15 is 0 Å². The minimum absolute atomic E-state index is 0.00630. The van der Waals surface area contributed by atoms with Gasteiger partial charge < -0.3 is 25.4 Å². The van der Waals surface area contributed by atoms with Crippen molar-refractivity contribution in [2.24, 2.45) is 0 Å². The first-order chi connectivity index (χ1) is 17.2. The second-order valence-electron chi connectivity index (χ2n) is 9.30. The molecule has 1 fully saturated rings. The largest absolute Gasteiger partial charge is 0.495 e. The number of carbonyl (C=O) groups excluding carboxylic acids is 2. The van der Waals surface area contributed by atoms with Gasteiger partial charge in [0.05, 0.1) is 24.8 Å². The Hall–Kier alpha value is -3.11. The molecular formula is C25H35ClN6O4. The number of nitrogens with zero attached hydrogens (tertiary/aromatic N) is 4. The number of nitrogens with one attached hydrogen (secondary N) is 2. The molecule has 3 N–H and O–H groups in total. The van der Waals surface area contributed by atoms with Crippen LogP contribution in [0.4, 0.5) is 16.6 Å². The summed E-state index contributed by atoms with van der Waals surface area (Å²) >= 11 is 6.28. The van der Waals surface area contributed by atoms with Crippen LogP contribution in [-0.2, 0) is 6.54 Å². The Bertz CT molecular complexity index is 1080. The van der Waals surface area contributed by atoms with Gasteiger partial charge in [0.1, 0.15) is 17.1 Å². The zero-order valence-corrected chi connectivity index (χ0v) is 22.2. The van der Waals surface area contributed by atoms with Crippen molar-refractivity contribution in [3.63, 3.8) is 0 Å². The van der Waals surface area contributed by atoms with Crippen molar-refractivity contribution < 1.29 is 19.4 Å². The third-order valence-electron chi connectivity index (χ3n) is 5.89. The van der Waals surface area contributed by atoms with Gasteiger partial charge in [-0.3, -0.25) is 9.69 Å². The molecule has 196 valence electrons. The SMILES string of the molecule is COc1ccc(CNc2nc(N3CCCC3CO)ncc2C(=O)N(C(=O)NC(C)C)C(C)C)cc1Cl. The van der Waals surface area contributed by atoms with Gasteiger partial charge in [0, 0.05) is 31.4 Å². The maximum absolute atomic E-state index is 13.6. The Balaban J connectivity index is 1.96. The lowest BCUT2D eigenvalue weighted by molar-refractivity contribution is 0.0761. The molecule has 10 nitrogen and oxygen atoms in total. The second-order valence-corrected chi connectivity index (χ2v) is 9.71. The monoisotopic (exact) mass is 518 g/mol. The lowest BCUT2D eigenvalue weighted by Crippen LogP contribution is -2.49. The number of urea groups is 1. The van der Waals surface area contributed by atoms with E-state index in [1.807, 2.05) is 24.8 Å². The van der Waals surface area contributed by atoms with Crippen LogP contribution >= 0.6 is 11.6 Å². The number of amides is 3. The van der Waals surface area contributed by atoms with Crippen LogP contribution < -0.4 is 20.3 Å². The van der Waals surface area contributed by atoms with Crippen molar-refractivity contribution in [2.75, 3.05) is 30.5 Å². The predicted molar refractivity (Wildman–Crippen MR) is 140 cm³/mol. The molecule has 1 atom stereocenters. The average Bonchev–Trinajstić information content (AvgIpc) is 3.31. The number of hydrogen-bond donors (Lipinski definition) is 3. The Kier molecular flexibility index (Phi) is 9.33. The van der Waals surface area contributed by atoms with Crippen molar-refractivity contribution >= 4 is 35.3 Å². The molecule has 36 heavy (non-hydrogen) atoms. The smallest absolute Gasteiger partial charge is 0.324 e. The highest BCUT2D eigenvalue weighted by Crippen LogP contribution is 2.28. The number of halogens is 1. The summed E-state index contributed by atoms with van der Waals surface area (Å²) in [7, 11) is 1.55. The minimum Gasteiger partial charge on any atom is -0.495 e. The van der Waals surface area contributed by atoms with Gasteiger partial charge in [-0.2, -0.15) is 4.98 Å². The van der Waals surface area contributed by atoms with Crippen molar-refractivity contribution in [1.29, 1.82) is 0 Å². The minimum atomic E-state index is -0.509. The number of aromatic nitrogens is 2. The first kappa shape index (κ1) is 27.5. The molecule has 3 rings (SSSR count). The van der Waals surface area contributed by atoms with E-state index < -0.39 is 11.9 Å². The number of imide groups is 1. The lowest BCUT2D eigenvalue weighted by Gasteiger charge is -2.27. The summed E-state index contributed by atoms with van der Waals surface area (Å²) < 4.78 is 5.22. The number of benzene rings is 1. The van der Waals surface area contributed by atoms with E-state index in [-0.39, 0.29) is 30.3 Å². The Morgan fingerprint density at radius 2 is 2.06 bits per heavy atom. The maximum Gasteiger partial charge on any atom is 0.324 e. The van der Waals surface area contributed by atoms with E-state index in [2.05, 4.69) is 20.6 Å². The molecule has 3 amide bonds. The number of aliphatic hydroxyl groups excluding tert-OH is 1. The van der Waals surface area contributed by atoms with E-state index in [9.17, 15) is 14.7 Å². The van der Waals surface area contributed by atoms with E-state index in [1.54, 1.807) is 33.1 Å². The average molecular weight is 519 g/mol. The molecule has 1 unspecified atom stereocenters. The maximum atomic E-state index is 13.6. The molecule has 0 saturated carbocycles. The fraction of sp³-hybridized carbons (Fsp3) is 0.520. The van der Waals surface area contributed by atoms with Crippen LogP contribution in [0, 0.1) is 0 Å². The van der Waals surface area contributed by atoms with Crippen molar-refractivity contribution in [3.8, 4) is 5.75 Å². The fourth-order valence-electron chi connectivity index (χ4n) is 4.10. The van der Waals surface area contributed by atoms with Crippen LogP contribution in [0.1, 0.15) is 56.5 Å². The van der Waals surface area contributed by atoms with Gasteiger partial charge in [-0.25, -0.2) is 9.78 Å². The topological polar surface area (TPSA) is 120 Å². The van der Waals surface area contributed by atoms with Gasteiger partial charge in [0.2, 0.25) is 5.95 Å². The van der Waals surface area contributed by atoms with E-state index in [1.165, 1.54) is 11.1 Å². The molecule has 1 aromatic heterocycles. The molecule has 1 aliphatic heterocycles. The number of rotatable bonds is 9. The summed E-state index contributed by atoms with van der Waals surface area (Å²) in [6, 6.07) is 4.32. The predicted octanol–water partition coefficient (Wildman–Crippen LogP) is 3.68. The van der Waals surface area contributed by atoms with Crippen LogP contribution in [0.25, 0.3) is 0 Å². The van der Waals surface area contributed by atoms with Crippen LogP contribution in [0.5, 0.6) is 5.75 Å². The summed E-state index contributed by atoms with van der Waals surface area (Å²) in [4.78, 5) is 38.6. The van der Waals surface area contributed by atoms with Crippen molar-refractivity contribution in [2.45, 2.75) is 65.2 Å². The summed E-state index contributed by atoms with van der Waals surface area (Å²) in [6.45, 7) is 8.24. The highest BCUT2D eigenvalue weighted by atomic mass is 35.5. The van der Waals surface area contributed by atoms with Crippen LogP contribution in [-0.4, -0.2) is 70.3 Å². The molecule has 0 bridgehead atoms. The molecule has 11 heteroatoms. The van der Waals surface area contributed by atoms with Crippen molar-refractivity contribution in [1.82, 2.24) is 20.2 Å². The Morgan fingerprint density at radius 1 is 1.31 bits per heavy atom. The molecule has 0 radical (unpaired) electrons. The van der Waals surface area contributed by atoms with Gasteiger partial charge in [-0.15, -0.1) is 0 Å². The second kappa shape index (κ2) is 12.2. The van der Waals surface area contributed by atoms with Crippen molar-refractivity contribution in [3.05, 3.63) is 40.5 Å². The summed E-state index contributed by atoms with van der Waals surface area (Å²) in [6.07, 6.45) is 3.20. The fourth-order valence-corrected chi connectivity index (χ4v) is 4.38. The zero-order valence-electron chi connectivity index (χ0n) is 21.4. The number of ether oxygens (including phenoxy) is 1. The number of anilines is 2. The van der Waals surface area contributed by atoms with E-state index in [4.69, 9.17) is 16.3 Å². The van der Waals surface area contributed by atoms with Gasteiger partial charge in [-0.1, -0.05) is 17.7 Å². The Morgan fingerprint density at radius 3 is 2.67 bits per heavy atom. The van der Waals surface area contributed by atoms with Crippen LogP contribution in [0.3, 0.4) is 0 Å². The van der Waals surface area contributed by atoms with Gasteiger partial charge in [0.25, 0.3) is 5.91 Å². The van der Waals surface area contributed by atoms with E-state index in [0.29, 0.717) is 35.6 Å². The molecule has 1 aliphatic rings.